The molecule has 4 heteroatoms. The summed E-state index contributed by atoms with van der Waals surface area (Å²) in [6, 6.07) is 15.5. The summed E-state index contributed by atoms with van der Waals surface area (Å²) in [5.41, 5.74) is 6.89. The first-order chi connectivity index (χ1) is 11.7. The molecule has 3 aromatic rings. The van der Waals surface area contributed by atoms with Gasteiger partial charge in [-0.25, -0.2) is 4.68 Å². The van der Waals surface area contributed by atoms with E-state index >= 15 is 0 Å². The molecule has 4 nitrogen and oxygen atoms in total. The van der Waals surface area contributed by atoms with Crippen molar-refractivity contribution in [2.45, 2.75) is 32.7 Å². The van der Waals surface area contributed by atoms with Crippen LogP contribution in [-0.2, 0) is 0 Å². The Morgan fingerprint density at radius 3 is 2.46 bits per heavy atom. The summed E-state index contributed by atoms with van der Waals surface area (Å²) in [5, 5.41) is 12.2. The number of nitrogens with zero attached hydrogens (tertiary/aromatic N) is 3. The summed E-state index contributed by atoms with van der Waals surface area (Å²) in [7, 11) is 0. The summed E-state index contributed by atoms with van der Waals surface area (Å²) in [6.07, 6.45) is 4.50. The highest BCUT2D eigenvalue weighted by atomic mass is 15.4. The molecule has 0 radical (unpaired) electrons. The molecule has 4 rings (SSSR count). The van der Waals surface area contributed by atoms with E-state index in [1.807, 2.05) is 10.9 Å². The van der Waals surface area contributed by atoms with E-state index in [2.05, 4.69) is 71.9 Å². The number of rotatable bonds is 3. The van der Waals surface area contributed by atoms with Gasteiger partial charge in [0.05, 0.1) is 11.9 Å². The normalized spacial score (nSPS) is 17.3. The number of hydrogen-bond donors (Lipinski definition) is 1. The fourth-order valence-corrected chi connectivity index (χ4v) is 3.53. The van der Waals surface area contributed by atoms with Crippen molar-refractivity contribution in [1.82, 2.24) is 20.3 Å². The molecule has 2 heterocycles. The van der Waals surface area contributed by atoms with E-state index < -0.39 is 0 Å². The molecule has 0 bridgehead atoms. The van der Waals surface area contributed by atoms with Gasteiger partial charge in [-0.3, -0.25) is 0 Å². The Balaban J connectivity index is 1.63. The number of aromatic nitrogens is 3. The SMILES string of the molecule is Cc1cccc(C)c1-n1cc(-c2ccc(C3CCCN3)cc2)nn1. The van der Waals surface area contributed by atoms with Gasteiger partial charge in [0, 0.05) is 11.6 Å². The fraction of sp³-hybridized carbons (Fsp3) is 0.300. The first kappa shape index (κ1) is 15.1. The number of benzene rings is 2. The molecule has 1 saturated heterocycles. The molecule has 0 saturated carbocycles. The van der Waals surface area contributed by atoms with Crippen molar-refractivity contribution >= 4 is 0 Å². The van der Waals surface area contributed by atoms with E-state index in [-0.39, 0.29) is 0 Å². The average Bonchev–Trinajstić information content (AvgIpc) is 3.27. The molecule has 1 aliphatic rings. The molecule has 1 aromatic heterocycles. The maximum Gasteiger partial charge on any atom is 0.113 e. The molecule has 0 aliphatic carbocycles. The van der Waals surface area contributed by atoms with E-state index in [4.69, 9.17) is 0 Å². The molecule has 1 N–H and O–H groups in total. The summed E-state index contributed by atoms with van der Waals surface area (Å²) < 4.78 is 1.88. The van der Waals surface area contributed by atoms with Crippen LogP contribution in [0.1, 0.15) is 35.6 Å². The van der Waals surface area contributed by atoms with Gasteiger partial charge in [-0.15, -0.1) is 5.10 Å². The van der Waals surface area contributed by atoms with Gasteiger partial charge in [0.25, 0.3) is 0 Å². The Bertz CT molecular complexity index is 822. The van der Waals surface area contributed by atoms with Gasteiger partial charge >= 0.3 is 0 Å². The third-order valence-electron chi connectivity index (χ3n) is 4.83. The average molecular weight is 318 g/mol. The number of nitrogens with one attached hydrogen (secondary N) is 1. The van der Waals surface area contributed by atoms with Gasteiger partial charge in [-0.2, -0.15) is 0 Å². The molecule has 1 aliphatic heterocycles. The summed E-state index contributed by atoms with van der Waals surface area (Å²) in [5.74, 6) is 0. The summed E-state index contributed by atoms with van der Waals surface area (Å²) >= 11 is 0. The monoisotopic (exact) mass is 318 g/mol. The Kier molecular flexibility index (Phi) is 3.90. The third kappa shape index (κ3) is 2.74. The summed E-state index contributed by atoms with van der Waals surface area (Å²) in [4.78, 5) is 0. The molecule has 0 spiro atoms. The topological polar surface area (TPSA) is 42.7 Å². The largest absolute Gasteiger partial charge is 0.310 e. The highest BCUT2D eigenvalue weighted by molar-refractivity contribution is 5.59. The van der Waals surface area contributed by atoms with Gasteiger partial charge < -0.3 is 5.32 Å². The molecule has 1 fully saturated rings. The van der Waals surface area contributed by atoms with E-state index in [0.717, 1.165) is 23.5 Å². The first-order valence-electron chi connectivity index (χ1n) is 8.55. The van der Waals surface area contributed by atoms with Gasteiger partial charge in [-0.1, -0.05) is 47.7 Å². The lowest BCUT2D eigenvalue weighted by Gasteiger charge is -2.10. The molecule has 24 heavy (non-hydrogen) atoms. The smallest absolute Gasteiger partial charge is 0.113 e. The van der Waals surface area contributed by atoms with Crippen molar-refractivity contribution < 1.29 is 0 Å². The predicted molar refractivity (Wildman–Crippen MR) is 96.2 cm³/mol. The van der Waals surface area contributed by atoms with Gasteiger partial charge in [0.1, 0.15) is 5.69 Å². The van der Waals surface area contributed by atoms with E-state index in [1.165, 1.54) is 29.5 Å². The minimum Gasteiger partial charge on any atom is -0.310 e. The molecule has 1 atom stereocenters. The van der Waals surface area contributed by atoms with Crippen molar-refractivity contribution in [3.8, 4) is 16.9 Å². The van der Waals surface area contributed by atoms with Crippen LogP contribution < -0.4 is 5.32 Å². The van der Waals surface area contributed by atoms with Crippen LogP contribution in [0.5, 0.6) is 0 Å². The molecular formula is C20H22N4. The van der Waals surface area contributed by atoms with E-state index in [1.54, 1.807) is 0 Å². The van der Waals surface area contributed by atoms with E-state index in [9.17, 15) is 0 Å². The second-order valence-corrected chi connectivity index (χ2v) is 6.56. The van der Waals surface area contributed by atoms with Crippen molar-refractivity contribution in [3.05, 3.63) is 65.4 Å². The molecule has 0 amide bonds. The number of aryl methyl sites for hydroxylation is 2. The van der Waals surface area contributed by atoms with Crippen molar-refractivity contribution in [1.29, 1.82) is 0 Å². The second-order valence-electron chi connectivity index (χ2n) is 6.56. The van der Waals surface area contributed by atoms with Crippen LogP contribution in [0.3, 0.4) is 0 Å². The second kappa shape index (κ2) is 6.21. The Morgan fingerprint density at radius 2 is 1.79 bits per heavy atom. The lowest BCUT2D eigenvalue weighted by Crippen LogP contribution is -2.12. The molecule has 1 unspecified atom stereocenters. The van der Waals surface area contributed by atoms with Crippen molar-refractivity contribution in [3.63, 3.8) is 0 Å². The quantitative estimate of drug-likeness (QED) is 0.794. The maximum absolute atomic E-state index is 4.37. The maximum atomic E-state index is 4.37. The van der Waals surface area contributed by atoms with Crippen LogP contribution in [-0.4, -0.2) is 21.5 Å². The molecule has 2 aromatic carbocycles. The van der Waals surface area contributed by atoms with Crippen molar-refractivity contribution in [2.75, 3.05) is 6.54 Å². The predicted octanol–water partition coefficient (Wildman–Crippen LogP) is 3.98. The Morgan fingerprint density at radius 1 is 1.04 bits per heavy atom. The zero-order valence-electron chi connectivity index (χ0n) is 14.2. The number of para-hydroxylation sites is 1. The minimum absolute atomic E-state index is 0.504. The first-order valence-corrected chi connectivity index (χ1v) is 8.55. The van der Waals surface area contributed by atoms with Crippen LogP contribution in [0.2, 0.25) is 0 Å². The summed E-state index contributed by atoms with van der Waals surface area (Å²) in [6.45, 7) is 5.33. The molecular weight excluding hydrogens is 296 g/mol. The zero-order chi connectivity index (χ0) is 16.5. The van der Waals surface area contributed by atoms with Crippen LogP contribution in [0.4, 0.5) is 0 Å². The standard InChI is InChI=1S/C20H22N4/c1-14-5-3-6-15(2)20(14)24-13-19(22-23-24)17-10-8-16(9-11-17)18-7-4-12-21-18/h3,5-6,8-11,13,18,21H,4,7,12H2,1-2H3. The Hall–Kier alpha value is -2.46. The highest BCUT2D eigenvalue weighted by Gasteiger charge is 2.16. The van der Waals surface area contributed by atoms with Crippen LogP contribution in [0.15, 0.2) is 48.7 Å². The van der Waals surface area contributed by atoms with Gasteiger partial charge in [0.2, 0.25) is 0 Å². The zero-order valence-corrected chi connectivity index (χ0v) is 14.2. The van der Waals surface area contributed by atoms with Crippen LogP contribution in [0, 0.1) is 13.8 Å². The van der Waals surface area contributed by atoms with Gasteiger partial charge in [0.15, 0.2) is 0 Å². The van der Waals surface area contributed by atoms with Crippen molar-refractivity contribution in [2.24, 2.45) is 0 Å². The highest BCUT2D eigenvalue weighted by Crippen LogP contribution is 2.26. The number of hydrogen-bond acceptors (Lipinski definition) is 3. The lowest BCUT2D eigenvalue weighted by molar-refractivity contribution is 0.648. The van der Waals surface area contributed by atoms with Crippen LogP contribution in [0.25, 0.3) is 16.9 Å². The van der Waals surface area contributed by atoms with E-state index in [0.29, 0.717) is 6.04 Å². The lowest BCUT2D eigenvalue weighted by atomic mass is 10.0. The molecule has 122 valence electrons. The van der Waals surface area contributed by atoms with Crippen LogP contribution >= 0.6 is 0 Å². The Labute approximate surface area is 142 Å². The fourth-order valence-electron chi connectivity index (χ4n) is 3.53. The third-order valence-corrected chi connectivity index (χ3v) is 4.83. The minimum atomic E-state index is 0.504. The van der Waals surface area contributed by atoms with Gasteiger partial charge in [-0.05, 0) is 49.9 Å².